The monoisotopic (exact) mass is 271 g/mol. The van der Waals surface area contributed by atoms with Crippen molar-refractivity contribution in [2.45, 2.75) is 18.9 Å². The van der Waals surface area contributed by atoms with Crippen LogP contribution in [0.1, 0.15) is 23.8 Å². The molecule has 0 saturated carbocycles. The summed E-state index contributed by atoms with van der Waals surface area (Å²) in [6, 6.07) is 9.62. The number of amides is 1. The third kappa shape index (κ3) is 2.10. The van der Waals surface area contributed by atoms with E-state index in [1.54, 1.807) is 22.0 Å². The van der Waals surface area contributed by atoms with Crippen molar-refractivity contribution in [1.82, 2.24) is 14.5 Å². The van der Waals surface area contributed by atoms with Gasteiger partial charge >= 0.3 is 0 Å². The number of rotatable bonds is 3. The molecule has 3 rings (SSSR count). The smallest absolute Gasteiger partial charge is 0.272 e. The fourth-order valence-electron chi connectivity index (χ4n) is 2.44. The molecule has 0 aliphatic carbocycles. The second kappa shape index (κ2) is 4.76. The van der Waals surface area contributed by atoms with Crippen molar-refractivity contribution in [3.8, 4) is 5.69 Å². The molecular formula is C15H17N3O2. The molecule has 1 aromatic carbocycles. The second-order valence-electron chi connectivity index (χ2n) is 5.22. The van der Waals surface area contributed by atoms with Crippen LogP contribution < -0.4 is 0 Å². The molecule has 2 aromatic rings. The Bertz CT molecular complexity index is 615. The Hall–Kier alpha value is -2.14. The molecule has 1 saturated heterocycles. The maximum absolute atomic E-state index is 12.4. The van der Waals surface area contributed by atoms with E-state index in [0.717, 1.165) is 5.69 Å². The van der Waals surface area contributed by atoms with E-state index in [1.807, 2.05) is 37.3 Å². The molecule has 1 aliphatic heterocycles. The molecule has 0 bridgehead atoms. The fourth-order valence-corrected chi connectivity index (χ4v) is 2.44. The highest BCUT2D eigenvalue weighted by molar-refractivity contribution is 5.93. The minimum absolute atomic E-state index is 0.0931. The van der Waals surface area contributed by atoms with Crippen molar-refractivity contribution in [3.63, 3.8) is 0 Å². The molecule has 0 spiro atoms. The number of hydrogen-bond acceptors (Lipinski definition) is 3. The van der Waals surface area contributed by atoms with Crippen LogP contribution in [-0.2, 0) is 0 Å². The zero-order chi connectivity index (χ0) is 14.2. The summed E-state index contributed by atoms with van der Waals surface area (Å²) >= 11 is 0. The molecule has 1 aliphatic rings. The highest BCUT2D eigenvalue weighted by Gasteiger charge is 2.42. The van der Waals surface area contributed by atoms with Crippen molar-refractivity contribution < 1.29 is 9.90 Å². The zero-order valence-corrected chi connectivity index (χ0v) is 11.4. The van der Waals surface area contributed by atoms with E-state index in [0.29, 0.717) is 25.2 Å². The van der Waals surface area contributed by atoms with Gasteiger partial charge in [0.2, 0.25) is 0 Å². The van der Waals surface area contributed by atoms with Crippen LogP contribution in [0.3, 0.4) is 0 Å². The van der Waals surface area contributed by atoms with Gasteiger partial charge in [-0.3, -0.25) is 9.36 Å². The molecule has 1 fully saturated rings. The number of nitrogens with zero attached hydrogens (tertiary/aromatic N) is 3. The Labute approximate surface area is 117 Å². The molecule has 20 heavy (non-hydrogen) atoms. The molecule has 0 unspecified atom stereocenters. The maximum atomic E-state index is 12.4. The van der Waals surface area contributed by atoms with E-state index in [-0.39, 0.29) is 5.91 Å². The number of carbonyl (C=O) groups excluding carboxylic acids is 1. The average Bonchev–Trinajstić information content (AvgIpc) is 2.93. The number of benzene rings is 1. The molecule has 1 N–H and O–H groups in total. The van der Waals surface area contributed by atoms with Crippen LogP contribution in [0.25, 0.3) is 5.69 Å². The van der Waals surface area contributed by atoms with Gasteiger partial charge in [-0.05, 0) is 18.6 Å². The van der Waals surface area contributed by atoms with Gasteiger partial charge in [-0.15, -0.1) is 0 Å². The quantitative estimate of drug-likeness (QED) is 0.919. The van der Waals surface area contributed by atoms with Crippen LogP contribution in [0.5, 0.6) is 0 Å². The standard InChI is InChI=1S/C15H17N3O2/c1-2-15(20)9-17(10-15)14(19)13-8-16-11-18(13)12-6-4-3-5-7-12/h3-8,11,20H,2,9-10H2,1H3. The van der Waals surface area contributed by atoms with Gasteiger partial charge < -0.3 is 10.0 Å². The average molecular weight is 271 g/mol. The van der Waals surface area contributed by atoms with E-state index in [9.17, 15) is 9.90 Å². The molecule has 0 atom stereocenters. The summed E-state index contributed by atoms with van der Waals surface area (Å²) in [6.07, 6.45) is 3.86. The van der Waals surface area contributed by atoms with Crippen molar-refractivity contribution in [2.24, 2.45) is 0 Å². The van der Waals surface area contributed by atoms with Crippen LogP contribution in [0, 0.1) is 0 Å². The van der Waals surface area contributed by atoms with Gasteiger partial charge in [0.25, 0.3) is 5.91 Å². The van der Waals surface area contributed by atoms with Crippen LogP contribution in [0.2, 0.25) is 0 Å². The number of likely N-dealkylation sites (tertiary alicyclic amines) is 1. The van der Waals surface area contributed by atoms with Crippen molar-refractivity contribution >= 4 is 5.91 Å². The van der Waals surface area contributed by atoms with E-state index < -0.39 is 5.60 Å². The highest BCUT2D eigenvalue weighted by atomic mass is 16.3. The van der Waals surface area contributed by atoms with E-state index >= 15 is 0 Å². The van der Waals surface area contributed by atoms with Crippen molar-refractivity contribution in [3.05, 3.63) is 48.5 Å². The molecule has 5 heteroatoms. The number of β-amino-alcohol motifs (C(OH)–C–C–N with tert-alkyl or cyclic N) is 1. The molecule has 1 aromatic heterocycles. The van der Waals surface area contributed by atoms with Crippen LogP contribution in [0.15, 0.2) is 42.9 Å². The summed E-state index contributed by atoms with van der Waals surface area (Å²) in [4.78, 5) is 18.2. The Morgan fingerprint density at radius 2 is 2.05 bits per heavy atom. The van der Waals surface area contributed by atoms with Gasteiger partial charge in [-0.1, -0.05) is 25.1 Å². The molecule has 104 valence electrons. The first kappa shape index (κ1) is 12.9. The third-order valence-electron chi connectivity index (χ3n) is 3.81. The predicted octanol–water partition coefficient (Wildman–Crippen LogP) is 1.47. The predicted molar refractivity (Wildman–Crippen MR) is 74.7 cm³/mol. The minimum Gasteiger partial charge on any atom is -0.386 e. The van der Waals surface area contributed by atoms with E-state index in [1.165, 1.54) is 0 Å². The lowest BCUT2D eigenvalue weighted by Gasteiger charge is -2.46. The van der Waals surface area contributed by atoms with Crippen LogP contribution >= 0.6 is 0 Å². The van der Waals surface area contributed by atoms with Crippen LogP contribution in [0.4, 0.5) is 0 Å². The Kier molecular flexibility index (Phi) is 3.06. The molecular weight excluding hydrogens is 254 g/mol. The first-order valence-corrected chi connectivity index (χ1v) is 6.72. The largest absolute Gasteiger partial charge is 0.386 e. The second-order valence-corrected chi connectivity index (χ2v) is 5.22. The lowest BCUT2D eigenvalue weighted by Crippen LogP contribution is -2.63. The summed E-state index contributed by atoms with van der Waals surface area (Å²) < 4.78 is 1.77. The Balaban J connectivity index is 1.83. The van der Waals surface area contributed by atoms with E-state index in [4.69, 9.17) is 0 Å². The number of para-hydroxylation sites is 1. The summed E-state index contributed by atoms with van der Waals surface area (Å²) in [6.45, 7) is 2.71. The first-order valence-electron chi connectivity index (χ1n) is 6.72. The third-order valence-corrected chi connectivity index (χ3v) is 3.81. The maximum Gasteiger partial charge on any atom is 0.272 e. The number of aliphatic hydroxyl groups is 1. The number of hydrogen-bond donors (Lipinski definition) is 1. The van der Waals surface area contributed by atoms with Gasteiger partial charge in [-0.25, -0.2) is 4.98 Å². The summed E-state index contributed by atoms with van der Waals surface area (Å²) in [5.74, 6) is -0.0931. The first-order chi connectivity index (χ1) is 9.63. The summed E-state index contributed by atoms with van der Waals surface area (Å²) in [5, 5.41) is 10.0. The van der Waals surface area contributed by atoms with Gasteiger partial charge in [0.05, 0.1) is 31.2 Å². The Morgan fingerprint density at radius 1 is 1.35 bits per heavy atom. The van der Waals surface area contributed by atoms with Crippen molar-refractivity contribution in [1.29, 1.82) is 0 Å². The summed E-state index contributed by atoms with van der Waals surface area (Å²) in [5.41, 5.74) is 0.710. The van der Waals surface area contributed by atoms with Gasteiger partial charge in [0.15, 0.2) is 0 Å². The van der Waals surface area contributed by atoms with Crippen molar-refractivity contribution in [2.75, 3.05) is 13.1 Å². The topological polar surface area (TPSA) is 58.4 Å². The number of imidazole rings is 1. The lowest BCUT2D eigenvalue weighted by molar-refractivity contribution is -0.0828. The van der Waals surface area contributed by atoms with Gasteiger partial charge in [-0.2, -0.15) is 0 Å². The summed E-state index contributed by atoms with van der Waals surface area (Å²) in [7, 11) is 0. The van der Waals surface area contributed by atoms with Crippen LogP contribution in [-0.4, -0.2) is 44.2 Å². The molecule has 1 amide bonds. The number of aromatic nitrogens is 2. The lowest BCUT2D eigenvalue weighted by atomic mass is 9.91. The zero-order valence-electron chi connectivity index (χ0n) is 11.4. The molecule has 5 nitrogen and oxygen atoms in total. The molecule has 0 radical (unpaired) electrons. The minimum atomic E-state index is -0.715. The fraction of sp³-hybridized carbons (Fsp3) is 0.333. The van der Waals surface area contributed by atoms with E-state index in [2.05, 4.69) is 4.98 Å². The van der Waals surface area contributed by atoms with Gasteiger partial charge in [0.1, 0.15) is 5.69 Å². The SMILES string of the molecule is CCC1(O)CN(C(=O)c2cncn2-c2ccccc2)C1. The Morgan fingerprint density at radius 3 is 2.70 bits per heavy atom. The van der Waals surface area contributed by atoms with Gasteiger partial charge in [0, 0.05) is 5.69 Å². The number of carbonyl (C=O) groups is 1. The highest BCUT2D eigenvalue weighted by Crippen LogP contribution is 2.26. The normalized spacial score (nSPS) is 16.8. The molecule has 2 heterocycles.